The second-order valence-corrected chi connectivity index (χ2v) is 14.6. The molecule has 1 saturated heterocycles. The highest BCUT2D eigenvalue weighted by Gasteiger charge is 2.32. The maximum absolute atomic E-state index is 14.3. The number of carbonyl (C=O) groups is 6. The first kappa shape index (κ1) is 42.5. The molecule has 1 aliphatic rings. The van der Waals surface area contributed by atoms with Crippen molar-refractivity contribution in [2.45, 2.75) is 102 Å². The number of hydrogen-bond acceptors (Lipinski definition) is 8. The quantitative estimate of drug-likeness (QED) is 0.113. The van der Waals surface area contributed by atoms with Crippen LogP contribution in [0.2, 0.25) is 0 Å². The number of primary amides is 1. The molecule has 0 bridgehead atoms. The maximum atomic E-state index is 14.3. The number of aromatic nitrogens is 1. The van der Waals surface area contributed by atoms with Crippen molar-refractivity contribution in [3.63, 3.8) is 0 Å². The van der Waals surface area contributed by atoms with Gasteiger partial charge in [-0.2, -0.15) is 0 Å². The van der Waals surface area contributed by atoms with E-state index in [0.717, 1.165) is 22.0 Å². The zero-order chi connectivity index (χ0) is 39.7. The Morgan fingerprint density at radius 1 is 0.764 bits per heavy atom. The van der Waals surface area contributed by atoms with E-state index in [4.69, 9.17) is 11.5 Å². The Morgan fingerprint density at radius 2 is 1.42 bits per heavy atom. The Bertz CT molecular complexity index is 1750. The molecule has 4 rings (SSSR count). The number of aromatic amines is 1. The molecule has 2 aromatic carbocycles. The van der Waals surface area contributed by atoms with Gasteiger partial charge in [0.05, 0.1) is 6.04 Å². The van der Waals surface area contributed by atoms with Crippen LogP contribution in [0.5, 0.6) is 0 Å². The van der Waals surface area contributed by atoms with Gasteiger partial charge in [0.15, 0.2) is 0 Å². The number of nitrogens with two attached hydrogens (primary N) is 2. The molecule has 0 radical (unpaired) electrons. The molecule has 0 unspecified atom stereocenters. The molecule has 1 aliphatic heterocycles. The first-order chi connectivity index (χ1) is 26.4. The van der Waals surface area contributed by atoms with Crippen molar-refractivity contribution in [3.05, 3.63) is 71.9 Å². The smallest absolute Gasteiger partial charge is 0.243 e. The van der Waals surface area contributed by atoms with Gasteiger partial charge in [-0.3, -0.25) is 28.8 Å². The fraction of sp³-hybridized carbons (Fsp3) is 0.500. The van der Waals surface area contributed by atoms with Gasteiger partial charge < -0.3 is 48.4 Å². The van der Waals surface area contributed by atoms with Gasteiger partial charge >= 0.3 is 0 Å². The van der Waals surface area contributed by atoms with E-state index in [-0.39, 0.29) is 63.1 Å². The molecule has 0 aliphatic carbocycles. The molecule has 1 aromatic heterocycles. The van der Waals surface area contributed by atoms with Crippen molar-refractivity contribution >= 4 is 46.3 Å². The minimum Gasteiger partial charge on any atom is -0.370 e. The second-order valence-electron chi connectivity index (χ2n) is 14.6. The lowest BCUT2D eigenvalue weighted by Gasteiger charge is -2.27. The second kappa shape index (κ2) is 21.6. The highest BCUT2D eigenvalue weighted by Crippen LogP contribution is 2.20. The lowest BCUT2D eigenvalue weighted by atomic mass is 10.0. The van der Waals surface area contributed by atoms with Crippen LogP contribution in [0.15, 0.2) is 60.8 Å². The van der Waals surface area contributed by atoms with Crippen LogP contribution < -0.4 is 43.4 Å². The van der Waals surface area contributed by atoms with Gasteiger partial charge in [0, 0.05) is 61.9 Å². The molecule has 0 spiro atoms. The number of carbonyl (C=O) groups excluding carboxylic acids is 6. The third-order valence-corrected chi connectivity index (χ3v) is 9.61. The van der Waals surface area contributed by atoms with Gasteiger partial charge in [0.2, 0.25) is 35.4 Å². The lowest BCUT2D eigenvalue weighted by molar-refractivity contribution is -0.134. The number of benzene rings is 2. The SMILES string of the molecule is CC(C)C[C@H]1CN[C@@H](CCCCN)C(=O)N[C@@H](CCC(N)=O)C(=O)N[C@@H](Cc2c[nH]c3ccccc23)C(=O)N[C@@H](Cc2ccccc2)C(=O)NCCC(=O)N1. The van der Waals surface area contributed by atoms with Crippen molar-refractivity contribution in [2.75, 3.05) is 19.6 Å². The van der Waals surface area contributed by atoms with E-state index in [2.05, 4.69) is 36.9 Å². The summed E-state index contributed by atoms with van der Waals surface area (Å²) in [6.07, 6.45) is 3.93. The minimum absolute atomic E-state index is 0.00641. The third kappa shape index (κ3) is 13.8. The van der Waals surface area contributed by atoms with Crippen molar-refractivity contribution in [1.29, 1.82) is 0 Å². The standard InChI is InChI=1S/C40H57N9O6/c1-25(2)20-28-24-45-31(14-8-9-18-41)38(53)47-32(15-16-35(42)50)39(54)49-34(22-27-23-44-30-13-7-6-12-29(27)30)40(55)48-33(21-26-10-4-3-5-11-26)37(52)43-19-17-36(51)46-28/h3-7,10-13,23,25,28,31-34,44-45H,8-9,14-22,24,41H2,1-2H3,(H2,42,50)(H,43,52)(H,46,51)(H,47,53)(H,48,55)(H,49,54)/t28-,31-,32-,33-,34-/m0/s1. The molecule has 298 valence electrons. The van der Waals surface area contributed by atoms with Gasteiger partial charge in [-0.25, -0.2) is 0 Å². The number of unbranched alkanes of at least 4 members (excludes halogenated alkanes) is 1. The van der Waals surface area contributed by atoms with Crippen molar-refractivity contribution < 1.29 is 28.8 Å². The van der Waals surface area contributed by atoms with Gasteiger partial charge in [-0.1, -0.05) is 68.8 Å². The third-order valence-electron chi connectivity index (χ3n) is 9.61. The van der Waals surface area contributed by atoms with Crippen LogP contribution in [0.1, 0.15) is 69.9 Å². The van der Waals surface area contributed by atoms with Crippen LogP contribution in [0, 0.1) is 5.92 Å². The molecular formula is C40H57N9O6. The number of rotatable bonds is 13. The maximum Gasteiger partial charge on any atom is 0.243 e. The number of H-pyrrole nitrogens is 1. The van der Waals surface area contributed by atoms with Crippen LogP contribution in [0.4, 0.5) is 0 Å². The summed E-state index contributed by atoms with van der Waals surface area (Å²) in [5.41, 5.74) is 13.6. The highest BCUT2D eigenvalue weighted by atomic mass is 16.2. The summed E-state index contributed by atoms with van der Waals surface area (Å²) in [5, 5.41) is 18.5. The normalized spacial score (nSPS) is 22.4. The summed E-state index contributed by atoms with van der Waals surface area (Å²) < 4.78 is 0. The molecule has 1 fully saturated rings. The van der Waals surface area contributed by atoms with Gasteiger partial charge in [0.1, 0.15) is 18.1 Å². The number of amides is 6. The molecule has 15 nitrogen and oxygen atoms in total. The van der Waals surface area contributed by atoms with Crippen LogP contribution in [-0.2, 0) is 41.6 Å². The number of fused-ring (bicyclic) bond motifs is 1. The van der Waals surface area contributed by atoms with Crippen molar-refractivity contribution in [3.8, 4) is 0 Å². The van der Waals surface area contributed by atoms with Crippen LogP contribution >= 0.6 is 0 Å². The Morgan fingerprint density at radius 3 is 2.13 bits per heavy atom. The molecule has 55 heavy (non-hydrogen) atoms. The first-order valence-electron chi connectivity index (χ1n) is 19.2. The Kier molecular flexibility index (Phi) is 16.7. The minimum atomic E-state index is -1.23. The average molecular weight is 760 g/mol. The van der Waals surface area contributed by atoms with Crippen molar-refractivity contribution in [1.82, 2.24) is 36.9 Å². The van der Waals surface area contributed by atoms with Gasteiger partial charge in [-0.05, 0) is 55.3 Å². The first-order valence-corrected chi connectivity index (χ1v) is 19.2. The molecule has 0 saturated carbocycles. The molecule has 15 heteroatoms. The van der Waals surface area contributed by atoms with E-state index in [1.807, 2.05) is 68.4 Å². The van der Waals surface area contributed by atoms with E-state index in [0.29, 0.717) is 32.2 Å². The van der Waals surface area contributed by atoms with Gasteiger partial charge in [0.25, 0.3) is 0 Å². The topological polar surface area (TPSA) is 242 Å². The summed E-state index contributed by atoms with van der Waals surface area (Å²) in [6, 6.07) is 12.1. The summed E-state index contributed by atoms with van der Waals surface area (Å²) in [7, 11) is 0. The van der Waals surface area contributed by atoms with E-state index in [1.165, 1.54) is 0 Å². The molecular weight excluding hydrogens is 702 g/mol. The molecule has 11 N–H and O–H groups in total. The Labute approximate surface area is 322 Å². The number of nitrogens with one attached hydrogen (secondary N) is 7. The van der Waals surface area contributed by atoms with E-state index < -0.39 is 53.7 Å². The monoisotopic (exact) mass is 759 g/mol. The van der Waals surface area contributed by atoms with Crippen LogP contribution in [0.25, 0.3) is 10.9 Å². The van der Waals surface area contributed by atoms with Crippen molar-refractivity contribution in [2.24, 2.45) is 17.4 Å². The van der Waals surface area contributed by atoms with E-state index >= 15 is 0 Å². The lowest BCUT2D eigenvalue weighted by Crippen LogP contribution is -2.59. The van der Waals surface area contributed by atoms with Crippen LogP contribution in [-0.4, -0.2) is 90.3 Å². The summed E-state index contributed by atoms with van der Waals surface area (Å²) >= 11 is 0. The fourth-order valence-electron chi connectivity index (χ4n) is 6.75. The molecule has 5 atom stereocenters. The number of para-hydroxylation sites is 1. The highest BCUT2D eigenvalue weighted by molar-refractivity contribution is 5.96. The Hall–Kier alpha value is -5.28. The van der Waals surface area contributed by atoms with E-state index in [9.17, 15) is 28.8 Å². The zero-order valence-electron chi connectivity index (χ0n) is 31.8. The largest absolute Gasteiger partial charge is 0.370 e. The molecule has 2 heterocycles. The van der Waals surface area contributed by atoms with Crippen LogP contribution in [0.3, 0.4) is 0 Å². The average Bonchev–Trinajstić information content (AvgIpc) is 3.56. The predicted octanol–water partition coefficient (Wildman–Crippen LogP) is 0.811. The fourth-order valence-corrected chi connectivity index (χ4v) is 6.75. The summed E-state index contributed by atoms with van der Waals surface area (Å²) in [4.78, 5) is 84.3. The Balaban J connectivity index is 1.71. The van der Waals surface area contributed by atoms with Gasteiger partial charge in [-0.15, -0.1) is 0 Å². The number of hydrogen-bond donors (Lipinski definition) is 9. The predicted molar refractivity (Wildman–Crippen MR) is 210 cm³/mol. The summed E-state index contributed by atoms with van der Waals surface area (Å²) in [6.45, 7) is 4.78. The summed E-state index contributed by atoms with van der Waals surface area (Å²) in [5.74, 6) is -3.02. The zero-order valence-corrected chi connectivity index (χ0v) is 31.8. The molecule has 6 amide bonds. The molecule has 3 aromatic rings. The van der Waals surface area contributed by atoms with E-state index in [1.54, 1.807) is 6.20 Å².